The predicted molar refractivity (Wildman–Crippen MR) is 74.8 cm³/mol. The summed E-state index contributed by atoms with van der Waals surface area (Å²) >= 11 is 5.84. The average molecular weight is 295 g/mol. The second-order valence-corrected chi connectivity index (χ2v) is 6.11. The molecule has 3 rings (SSSR count). The smallest absolute Gasteiger partial charge is 0.282 e. The predicted octanol–water partition coefficient (Wildman–Crippen LogP) is 3.17. The fraction of sp³-hybridized carbons (Fsp3) is 0.500. The molecule has 0 aliphatic heterocycles. The molecule has 6 heteroatoms. The molecule has 3 atom stereocenters. The summed E-state index contributed by atoms with van der Waals surface area (Å²) in [5.74, 6) is 0.846. The molecule has 2 saturated carbocycles. The lowest BCUT2D eigenvalue weighted by atomic mass is 9.95. The molecule has 0 saturated heterocycles. The molecule has 2 fully saturated rings. The van der Waals surface area contributed by atoms with Crippen LogP contribution in [-0.4, -0.2) is 16.9 Å². The van der Waals surface area contributed by atoms with Crippen LogP contribution in [0, 0.1) is 22.0 Å². The van der Waals surface area contributed by atoms with E-state index in [2.05, 4.69) is 5.32 Å². The SMILES string of the molecule is O=C(NC1CC2CCC1C2)c1cc(Cl)ccc1[N+](=O)[O-]. The molecule has 0 aromatic heterocycles. The van der Waals surface area contributed by atoms with Gasteiger partial charge in [0.15, 0.2) is 0 Å². The van der Waals surface area contributed by atoms with Crippen LogP contribution in [0.25, 0.3) is 0 Å². The average Bonchev–Trinajstić information content (AvgIpc) is 3.00. The molecule has 0 heterocycles. The Morgan fingerprint density at radius 1 is 1.35 bits per heavy atom. The summed E-state index contributed by atoms with van der Waals surface area (Å²) in [6.45, 7) is 0. The summed E-state index contributed by atoms with van der Waals surface area (Å²) in [5, 5.41) is 14.3. The van der Waals surface area contributed by atoms with Crippen molar-refractivity contribution in [1.82, 2.24) is 5.32 Å². The van der Waals surface area contributed by atoms with E-state index in [0.717, 1.165) is 12.8 Å². The maximum Gasteiger partial charge on any atom is 0.282 e. The van der Waals surface area contributed by atoms with Crippen LogP contribution in [-0.2, 0) is 0 Å². The third-order valence-electron chi connectivity index (χ3n) is 4.45. The molecule has 1 aromatic rings. The number of hydrogen-bond acceptors (Lipinski definition) is 3. The Labute approximate surface area is 121 Å². The van der Waals surface area contributed by atoms with Gasteiger partial charge in [-0.1, -0.05) is 18.0 Å². The number of nitrogens with one attached hydrogen (secondary N) is 1. The molecule has 2 aliphatic carbocycles. The first kappa shape index (κ1) is 13.4. The standard InChI is InChI=1S/C14H15ClN2O3/c15-10-3-4-13(17(19)20)11(7-10)14(18)16-12-6-8-1-2-9(12)5-8/h3-4,7-9,12H,1-2,5-6H2,(H,16,18). The van der Waals surface area contributed by atoms with Crippen molar-refractivity contribution in [1.29, 1.82) is 0 Å². The fourth-order valence-corrected chi connectivity index (χ4v) is 3.69. The van der Waals surface area contributed by atoms with Crippen molar-refractivity contribution in [2.24, 2.45) is 11.8 Å². The number of benzene rings is 1. The quantitative estimate of drug-likeness (QED) is 0.687. The zero-order valence-corrected chi connectivity index (χ0v) is 11.6. The minimum atomic E-state index is -0.550. The second kappa shape index (κ2) is 5.05. The number of halogens is 1. The van der Waals surface area contributed by atoms with Gasteiger partial charge < -0.3 is 5.32 Å². The van der Waals surface area contributed by atoms with E-state index >= 15 is 0 Å². The van der Waals surface area contributed by atoms with Gasteiger partial charge in [-0.05, 0) is 43.2 Å². The molecule has 3 unspecified atom stereocenters. The normalized spacial score (nSPS) is 27.6. The van der Waals surface area contributed by atoms with Gasteiger partial charge in [0.2, 0.25) is 0 Å². The second-order valence-electron chi connectivity index (χ2n) is 5.67. The molecule has 0 radical (unpaired) electrons. The van der Waals surface area contributed by atoms with Gasteiger partial charge in [-0.15, -0.1) is 0 Å². The molecule has 20 heavy (non-hydrogen) atoms. The number of nitro benzene ring substituents is 1. The summed E-state index contributed by atoms with van der Waals surface area (Å²) in [5.41, 5.74) is -0.152. The van der Waals surface area contributed by atoms with Crippen molar-refractivity contribution in [3.8, 4) is 0 Å². The van der Waals surface area contributed by atoms with Crippen LogP contribution < -0.4 is 5.32 Å². The van der Waals surface area contributed by atoms with Gasteiger partial charge in [-0.3, -0.25) is 14.9 Å². The highest BCUT2D eigenvalue weighted by Crippen LogP contribution is 2.44. The molecule has 2 bridgehead atoms. The Kier molecular flexibility index (Phi) is 3.38. The van der Waals surface area contributed by atoms with Gasteiger partial charge in [0.05, 0.1) is 4.92 Å². The van der Waals surface area contributed by atoms with E-state index < -0.39 is 10.8 Å². The molecule has 1 aromatic carbocycles. The Bertz CT molecular complexity index is 576. The maximum atomic E-state index is 12.3. The van der Waals surface area contributed by atoms with Gasteiger partial charge in [0.1, 0.15) is 5.56 Å². The Balaban J connectivity index is 1.80. The van der Waals surface area contributed by atoms with Crippen molar-refractivity contribution >= 4 is 23.2 Å². The van der Waals surface area contributed by atoms with Gasteiger partial charge in [0.25, 0.3) is 11.6 Å². The lowest BCUT2D eigenvalue weighted by Gasteiger charge is -2.22. The number of nitro groups is 1. The summed E-state index contributed by atoms with van der Waals surface area (Å²) in [6, 6.07) is 4.22. The number of hydrogen-bond donors (Lipinski definition) is 1. The van der Waals surface area contributed by atoms with Crippen molar-refractivity contribution in [3.05, 3.63) is 38.9 Å². The maximum absolute atomic E-state index is 12.3. The van der Waals surface area contributed by atoms with E-state index in [1.807, 2.05) is 0 Å². The number of carbonyl (C=O) groups excluding carboxylic acids is 1. The molecular weight excluding hydrogens is 280 g/mol. The molecule has 2 aliphatic rings. The van der Waals surface area contributed by atoms with Crippen LogP contribution >= 0.6 is 11.6 Å². The zero-order chi connectivity index (χ0) is 14.3. The minimum Gasteiger partial charge on any atom is -0.349 e. The van der Waals surface area contributed by atoms with Crippen LogP contribution in [0.4, 0.5) is 5.69 Å². The van der Waals surface area contributed by atoms with Crippen molar-refractivity contribution in [2.45, 2.75) is 31.7 Å². The highest BCUT2D eigenvalue weighted by molar-refractivity contribution is 6.31. The molecule has 106 valence electrons. The van der Waals surface area contributed by atoms with Crippen molar-refractivity contribution < 1.29 is 9.72 Å². The van der Waals surface area contributed by atoms with Gasteiger partial charge in [-0.2, -0.15) is 0 Å². The Morgan fingerprint density at radius 2 is 2.15 bits per heavy atom. The van der Waals surface area contributed by atoms with Crippen LogP contribution in [0.3, 0.4) is 0 Å². The van der Waals surface area contributed by atoms with Crippen molar-refractivity contribution in [3.63, 3.8) is 0 Å². The van der Waals surface area contributed by atoms with Gasteiger partial charge >= 0.3 is 0 Å². The van der Waals surface area contributed by atoms with Gasteiger partial charge in [-0.25, -0.2) is 0 Å². The molecular formula is C14H15ClN2O3. The highest BCUT2D eigenvalue weighted by Gasteiger charge is 2.40. The fourth-order valence-electron chi connectivity index (χ4n) is 3.52. The monoisotopic (exact) mass is 294 g/mol. The lowest BCUT2D eigenvalue weighted by Crippen LogP contribution is -2.38. The van der Waals surface area contributed by atoms with E-state index in [1.54, 1.807) is 0 Å². The highest BCUT2D eigenvalue weighted by atomic mass is 35.5. The lowest BCUT2D eigenvalue weighted by molar-refractivity contribution is -0.385. The first-order valence-corrected chi connectivity index (χ1v) is 7.17. The number of nitrogens with zero attached hydrogens (tertiary/aromatic N) is 1. The molecule has 1 amide bonds. The first-order valence-electron chi connectivity index (χ1n) is 6.79. The zero-order valence-electron chi connectivity index (χ0n) is 10.8. The third kappa shape index (κ3) is 2.38. The molecule has 0 spiro atoms. The van der Waals surface area contributed by atoms with Crippen molar-refractivity contribution in [2.75, 3.05) is 0 Å². The van der Waals surface area contributed by atoms with E-state index in [0.29, 0.717) is 16.9 Å². The van der Waals surface area contributed by atoms with E-state index in [1.165, 1.54) is 31.0 Å². The number of amides is 1. The Morgan fingerprint density at radius 3 is 2.75 bits per heavy atom. The number of fused-ring (bicyclic) bond motifs is 2. The Hall–Kier alpha value is -1.62. The summed E-state index contributed by atoms with van der Waals surface area (Å²) in [4.78, 5) is 22.7. The van der Waals surface area contributed by atoms with Crippen LogP contribution in [0.2, 0.25) is 5.02 Å². The summed E-state index contributed by atoms with van der Waals surface area (Å²) in [7, 11) is 0. The number of carbonyl (C=O) groups is 1. The van der Waals surface area contributed by atoms with Crippen LogP contribution in [0.5, 0.6) is 0 Å². The van der Waals surface area contributed by atoms with E-state index in [4.69, 9.17) is 11.6 Å². The van der Waals surface area contributed by atoms with E-state index in [-0.39, 0.29) is 17.3 Å². The van der Waals surface area contributed by atoms with Crippen LogP contribution in [0.15, 0.2) is 18.2 Å². The number of rotatable bonds is 3. The summed E-state index contributed by atoms with van der Waals surface area (Å²) in [6.07, 6.45) is 4.55. The molecule has 1 N–H and O–H groups in total. The minimum absolute atomic E-state index is 0.0465. The van der Waals surface area contributed by atoms with Gasteiger partial charge in [0, 0.05) is 17.1 Å². The third-order valence-corrected chi connectivity index (χ3v) is 4.69. The topological polar surface area (TPSA) is 72.2 Å². The molecule has 5 nitrogen and oxygen atoms in total. The summed E-state index contributed by atoms with van der Waals surface area (Å²) < 4.78 is 0. The van der Waals surface area contributed by atoms with E-state index in [9.17, 15) is 14.9 Å². The van der Waals surface area contributed by atoms with Crippen LogP contribution in [0.1, 0.15) is 36.0 Å². The largest absolute Gasteiger partial charge is 0.349 e. The first-order chi connectivity index (χ1) is 9.54.